The maximum atomic E-state index is 12.6. The van der Waals surface area contributed by atoms with Crippen molar-refractivity contribution >= 4 is 16.1 Å². The summed E-state index contributed by atoms with van der Waals surface area (Å²) in [4.78, 5) is 14.5. The minimum atomic E-state index is -3.41. The van der Waals surface area contributed by atoms with Gasteiger partial charge in [0.25, 0.3) is 10.2 Å². The minimum absolute atomic E-state index is 0.139. The smallest absolute Gasteiger partial charge is 0.281 e. The normalized spacial score (nSPS) is 26.3. The van der Waals surface area contributed by atoms with Crippen LogP contribution in [0.2, 0.25) is 0 Å². The highest BCUT2D eigenvalue weighted by Gasteiger charge is 2.35. The fourth-order valence-corrected chi connectivity index (χ4v) is 4.26. The van der Waals surface area contributed by atoms with E-state index < -0.39 is 10.2 Å². The number of likely N-dealkylation sites (tertiary alicyclic amines) is 1. The highest BCUT2D eigenvalue weighted by Crippen LogP contribution is 2.24. The number of piperidine rings is 2. The fraction of sp³-hybridized carbons (Fsp3) is 0.929. The van der Waals surface area contributed by atoms with E-state index in [2.05, 4.69) is 6.92 Å². The lowest BCUT2D eigenvalue weighted by Crippen LogP contribution is -2.50. The number of carbonyl (C=O) groups excluding carboxylic acids is 1. The number of nitrogens with zero attached hydrogens (tertiary/aromatic N) is 3. The lowest BCUT2D eigenvalue weighted by molar-refractivity contribution is -0.138. The molecule has 0 aliphatic carbocycles. The molecule has 2 heterocycles. The van der Waals surface area contributed by atoms with Crippen molar-refractivity contribution in [3.8, 4) is 0 Å². The molecule has 0 aromatic rings. The van der Waals surface area contributed by atoms with Gasteiger partial charge in [0.15, 0.2) is 0 Å². The van der Waals surface area contributed by atoms with E-state index in [0.717, 1.165) is 38.8 Å². The van der Waals surface area contributed by atoms with E-state index in [1.54, 1.807) is 0 Å². The van der Waals surface area contributed by atoms with Gasteiger partial charge in [0.1, 0.15) is 0 Å². The largest absolute Gasteiger partial charge is 0.342 e. The molecule has 2 fully saturated rings. The van der Waals surface area contributed by atoms with Gasteiger partial charge in [-0.05, 0) is 31.6 Å². The molecule has 1 atom stereocenters. The van der Waals surface area contributed by atoms with Gasteiger partial charge in [0.05, 0.1) is 5.92 Å². The van der Waals surface area contributed by atoms with Crippen LogP contribution < -0.4 is 0 Å². The van der Waals surface area contributed by atoms with Crippen LogP contribution in [0.25, 0.3) is 0 Å². The van der Waals surface area contributed by atoms with Crippen LogP contribution in [-0.4, -0.2) is 68.1 Å². The maximum absolute atomic E-state index is 12.6. The standard InChI is InChI=1S/C14H27N3O3S/c1-12-6-9-16(10-7-12)14(18)13-5-4-8-17(11-13)21(19,20)15(2)3/h12-13H,4-11H2,1-3H3/t13-/m0/s1. The third kappa shape index (κ3) is 3.76. The number of amides is 1. The van der Waals surface area contributed by atoms with Crippen LogP contribution in [0.4, 0.5) is 0 Å². The van der Waals surface area contributed by atoms with E-state index >= 15 is 0 Å². The quantitative estimate of drug-likeness (QED) is 0.772. The molecular formula is C14H27N3O3S. The molecule has 122 valence electrons. The van der Waals surface area contributed by atoms with Crippen LogP contribution >= 0.6 is 0 Å². The summed E-state index contributed by atoms with van der Waals surface area (Å²) in [5.41, 5.74) is 0. The Morgan fingerprint density at radius 2 is 1.71 bits per heavy atom. The van der Waals surface area contributed by atoms with Crippen LogP contribution in [-0.2, 0) is 15.0 Å². The summed E-state index contributed by atoms with van der Waals surface area (Å²) in [7, 11) is -0.341. The second kappa shape index (κ2) is 6.62. The zero-order chi connectivity index (χ0) is 15.6. The third-order valence-corrected chi connectivity index (χ3v) is 6.52. The van der Waals surface area contributed by atoms with Crippen molar-refractivity contribution in [2.45, 2.75) is 32.6 Å². The van der Waals surface area contributed by atoms with Gasteiger partial charge in [-0.25, -0.2) is 0 Å². The molecule has 21 heavy (non-hydrogen) atoms. The summed E-state index contributed by atoms with van der Waals surface area (Å²) in [6.07, 6.45) is 3.66. The van der Waals surface area contributed by atoms with Gasteiger partial charge in [-0.1, -0.05) is 6.92 Å². The first-order valence-electron chi connectivity index (χ1n) is 7.78. The summed E-state index contributed by atoms with van der Waals surface area (Å²) < 4.78 is 27.1. The van der Waals surface area contributed by atoms with Crippen molar-refractivity contribution in [3.05, 3.63) is 0 Å². The summed E-state index contributed by atoms with van der Waals surface area (Å²) in [6.45, 7) is 4.69. The van der Waals surface area contributed by atoms with Gasteiger partial charge >= 0.3 is 0 Å². The van der Waals surface area contributed by atoms with Crippen molar-refractivity contribution < 1.29 is 13.2 Å². The van der Waals surface area contributed by atoms with E-state index in [-0.39, 0.29) is 11.8 Å². The molecule has 0 saturated carbocycles. The molecule has 6 nitrogen and oxygen atoms in total. The monoisotopic (exact) mass is 317 g/mol. The zero-order valence-electron chi connectivity index (χ0n) is 13.3. The molecule has 0 radical (unpaired) electrons. The first-order chi connectivity index (χ1) is 9.82. The number of hydrogen-bond acceptors (Lipinski definition) is 3. The molecule has 2 saturated heterocycles. The Labute approximate surface area is 128 Å². The SMILES string of the molecule is CC1CCN(C(=O)[C@H]2CCCN(S(=O)(=O)N(C)C)C2)CC1. The molecule has 0 bridgehead atoms. The van der Waals surface area contributed by atoms with Crippen LogP contribution in [0, 0.1) is 11.8 Å². The summed E-state index contributed by atoms with van der Waals surface area (Å²) in [5, 5.41) is 0. The number of carbonyl (C=O) groups is 1. The van der Waals surface area contributed by atoms with E-state index in [1.165, 1.54) is 22.7 Å². The van der Waals surface area contributed by atoms with Crippen LogP contribution in [0.5, 0.6) is 0 Å². The minimum Gasteiger partial charge on any atom is -0.342 e. The fourth-order valence-electron chi connectivity index (χ4n) is 3.07. The highest BCUT2D eigenvalue weighted by molar-refractivity contribution is 7.86. The Morgan fingerprint density at radius 3 is 2.29 bits per heavy atom. The summed E-state index contributed by atoms with van der Waals surface area (Å²) in [6, 6.07) is 0. The van der Waals surface area contributed by atoms with E-state index in [0.29, 0.717) is 19.0 Å². The predicted octanol–water partition coefficient (Wildman–Crippen LogP) is 0.763. The van der Waals surface area contributed by atoms with Gasteiger partial charge in [-0.3, -0.25) is 4.79 Å². The molecule has 7 heteroatoms. The lowest BCUT2D eigenvalue weighted by Gasteiger charge is -2.37. The first kappa shape index (κ1) is 16.7. The Balaban J connectivity index is 1.99. The second-order valence-electron chi connectivity index (χ2n) is 6.50. The highest BCUT2D eigenvalue weighted by atomic mass is 32.2. The molecule has 1 amide bonds. The maximum Gasteiger partial charge on any atom is 0.281 e. The topological polar surface area (TPSA) is 60.9 Å². The van der Waals surface area contributed by atoms with Crippen LogP contribution in [0.1, 0.15) is 32.6 Å². The number of rotatable bonds is 3. The van der Waals surface area contributed by atoms with Crippen molar-refractivity contribution in [1.29, 1.82) is 0 Å². The zero-order valence-corrected chi connectivity index (χ0v) is 14.1. The number of hydrogen-bond donors (Lipinski definition) is 0. The predicted molar refractivity (Wildman–Crippen MR) is 81.9 cm³/mol. The second-order valence-corrected chi connectivity index (χ2v) is 8.64. The van der Waals surface area contributed by atoms with Crippen molar-refractivity contribution in [2.75, 3.05) is 40.3 Å². The Morgan fingerprint density at radius 1 is 1.10 bits per heavy atom. The average Bonchev–Trinajstić information content (AvgIpc) is 2.47. The molecule has 2 rings (SSSR count). The van der Waals surface area contributed by atoms with Gasteiger partial charge in [-0.2, -0.15) is 17.0 Å². The molecule has 0 aromatic carbocycles. The third-order valence-electron chi connectivity index (χ3n) is 4.62. The van der Waals surface area contributed by atoms with Gasteiger partial charge in [-0.15, -0.1) is 0 Å². The van der Waals surface area contributed by atoms with Gasteiger partial charge in [0.2, 0.25) is 5.91 Å². The lowest BCUT2D eigenvalue weighted by atomic mass is 9.94. The molecule has 2 aliphatic rings. The van der Waals surface area contributed by atoms with Gasteiger partial charge < -0.3 is 4.90 Å². The van der Waals surface area contributed by atoms with E-state index in [1.807, 2.05) is 4.90 Å². The van der Waals surface area contributed by atoms with Crippen LogP contribution in [0.3, 0.4) is 0 Å². The van der Waals surface area contributed by atoms with Crippen molar-refractivity contribution in [2.24, 2.45) is 11.8 Å². The molecule has 2 aliphatic heterocycles. The Hall–Kier alpha value is -0.660. The summed E-state index contributed by atoms with van der Waals surface area (Å²) >= 11 is 0. The molecule has 0 spiro atoms. The van der Waals surface area contributed by atoms with Gasteiger partial charge in [0, 0.05) is 40.3 Å². The summed E-state index contributed by atoms with van der Waals surface area (Å²) in [5.74, 6) is 0.647. The molecule has 0 unspecified atom stereocenters. The average molecular weight is 317 g/mol. The van der Waals surface area contributed by atoms with Crippen LogP contribution in [0.15, 0.2) is 0 Å². The Bertz CT molecular complexity index is 470. The van der Waals surface area contributed by atoms with E-state index in [4.69, 9.17) is 0 Å². The Kier molecular flexibility index (Phi) is 5.27. The van der Waals surface area contributed by atoms with Crippen molar-refractivity contribution in [3.63, 3.8) is 0 Å². The molecule has 0 N–H and O–H groups in total. The molecule has 0 aromatic heterocycles. The van der Waals surface area contributed by atoms with E-state index in [9.17, 15) is 13.2 Å². The molecular weight excluding hydrogens is 290 g/mol. The first-order valence-corrected chi connectivity index (χ1v) is 9.18. The van der Waals surface area contributed by atoms with Crippen molar-refractivity contribution in [1.82, 2.24) is 13.5 Å².